The van der Waals surface area contributed by atoms with Crippen LogP contribution in [0.2, 0.25) is 0 Å². The van der Waals surface area contributed by atoms with Gasteiger partial charge in [-0.05, 0) is 55.0 Å². The number of anilines is 1. The van der Waals surface area contributed by atoms with Crippen molar-refractivity contribution < 1.29 is 9.84 Å². The number of aryl methyl sites for hydroxylation is 2. The lowest BCUT2D eigenvalue weighted by Crippen LogP contribution is -2.29. The highest BCUT2D eigenvalue weighted by Gasteiger charge is 2.39. The number of methoxy groups -OCH3 is 1. The summed E-state index contributed by atoms with van der Waals surface area (Å²) >= 11 is 0. The minimum atomic E-state index is 0.0776. The maximum atomic E-state index is 10.6. The minimum absolute atomic E-state index is 0.0776. The van der Waals surface area contributed by atoms with Gasteiger partial charge in [-0.15, -0.1) is 0 Å². The monoisotopic (exact) mass is 321 g/mol. The molecule has 0 fully saturated rings. The molecule has 0 bridgehead atoms. The fraction of sp³-hybridized carbons (Fsp3) is 0.333. The zero-order chi connectivity index (χ0) is 16.8. The first-order valence-corrected chi connectivity index (χ1v) is 8.50. The summed E-state index contributed by atoms with van der Waals surface area (Å²) in [5, 5.41) is 14.3. The van der Waals surface area contributed by atoms with Gasteiger partial charge < -0.3 is 15.2 Å². The molecule has 3 nitrogen and oxygen atoms in total. The first-order chi connectivity index (χ1) is 11.6. The number of ether oxygens (including phenoxy) is 1. The number of nitrogens with one attached hydrogen (secondary N) is 1. The summed E-state index contributed by atoms with van der Waals surface area (Å²) in [5.74, 6) is 1.59. The number of phenols is 1. The van der Waals surface area contributed by atoms with E-state index in [1.807, 2.05) is 12.1 Å². The van der Waals surface area contributed by atoms with Crippen molar-refractivity contribution in [3.8, 4) is 11.5 Å². The molecule has 1 aliphatic carbocycles. The molecule has 2 aromatic carbocycles. The first-order valence-electron chi connectivity index (χ1n) is 8.50. The molecule has 3 heteroatoms. The Morgan fingerprint density at radius 1 is 1.21 bits per heavy atom. The van der Waals surface area contributed by atoms with Gasteiger partial charge in [0, 0.05) is 17.2 Å². The molecule has 0 saturated carbocycles. The molecule has 2 N–H and O–H groups in total. The van der Waals surface area contributed by atoms with Gasteiger partial charge in [-0.25, -0.2) is 0 Å². The van der Waals surface area contributed by atoms with Gasteiger partial charge in [0.25, 0.3) is 0 Å². The highest BCUT2D eigenvalue weighted by molar-refractivity contribution is 5.64. The van der Waals surface area contributed by atoms with E-state index in [2.05, 4.69) is 43.4 Å². The first kappa shape index (κ1) is 15.1. The molecule has 0 aromatic heterocycles. The van der Waals surface area contributed by atoms with Crippen LogP contribution in [-0.4, -0.2) is 12.2 Å². The second-order valence-corrected chi connectivity index (χ2v) is 6.92. The van der Waals surface area contributed by atoms with Crippen molar-refractivity contribution in [2.24, 2.45) is 5.92 Å². The third-order valence-electron chi connectivity index (χ3n) is 5.40. The van der Waals surface area contributed by atoms with Gasteiger partial charge in [-0.1, -0.05) is 30.4 Å². The fourth-order valence-electron chi connectivity index (χ4n) is 4.40. The Labute approximate surface area is 143 Å². The third kappa shape index (κ3) is 2.19. The number of aromatic hydroxyl groups is 1. The summed E-state index contributed by atoms with van der Waals surface area (Å²) in [7, 11) is 1.59. The van der Waals surface area contributed by atoms with E-state index in [-0.39, 0.29) is 11.8 Å². The lowest BCUT2D eigenvalue weighted by Gasteiger charge is -2.39. The molecular weight excluding hydrogens is 298 g/mol. The topological polar surface area (TPSA) is 41.5 Å². The lowest BCUT2D eigenvalue weighted by molar-refractivity contribution is 0.358. The van der Waals surface area contributed by atoms with Gasteiger partial charge in [0.1, 0.15) is 0 Å². The van der Waals surface area contributed by atoms with Crippen LogP contribution in [0, 0.1) is 19.8 Å². The van der Waals surface area contributed by atoms with Crippen LogP contribution in [0.25, 0.3) is 0 Å². The van der Waals surface area contributed by atoms with Crippen LogP contribution in [0.5, 0.6) is 11.5 Å². The smallest absolute Gasteiger partial charge is 0.163 e. The van der Waals surface area contributed by atoms with E-state index >= 15 is 0 Å². The second-order valence-electron chi connectivity index (χ2n) is 6.92. The van der Waals surface area contributed by atoms with Gasteiger partial charge in [-0.3, -0.25) is 0 Å². The summed E-state index contributed by atoms with van der Waals surface area (Å²) in [4.78, 5) is 0. The maximum Gasteiger partial charge on any atom is 0.163 e. The Morgan fingerprint density at radius 2 is 2.04 bits per heavy atom. The van der Waals surface area contributed by atoms with Crippen LogP contribution in [0.4, 0.5) is 5.69 Å². The summed E-state index contributed by atoms with van der Waals surface area (Å²) in [6, 6.07) is 10.3. The maximum absolute atomic E-state index is 10.6. The molecule has 0 radical (unpaired) electrons. The van der Waals surface area contributed by atoms with Gasteiger partial charge in [0.15, 0.2) is 11.5 Å². The third-order valence-corrected chi connectivity index (χ3v) is 5.40. The van der Waals surface area contributed by atoms with Crippen LogP contribution in [0.1, 0.15) is 40.6 Å². The quantitative estimate of drug-likeness (QED) is 0.777. The SMILES string of the molecule is COc1cccc(C2Nc3cc(C)cc(C)c3C3C=CCC32)c1O. The van der Waals surface area contributed by atoms with E-state index in [4.69, 9.17) is 4.74 Å². The number of para-hydroxylation sites is 1. The van der Waals surface area contributed by atoms with Crippen LogP contribution in [0.3, 0.4) is 0 Å². The Morgan fingerprint density at radius 3 is 2.83 bits per heavy atom. The average Bonchev–Trinajstić information content (AvgIpc) is 3.03. The molecule has 1 aliphatic heterocycles. The highest BCUT2D eigenvalue weighted by atomic mass is 16.5. The van der Waals surface area contributed by atoms with E-state index in [1.165, 1.54) is 22.4 Å². The Balaban J connectivity index is 1.85. The van der Waals surface area contributed by atoms with E-state index in [0.29, 0.717) is 17.6 Å². The summed E-state index contributed by atoms with van der Waals surface area (Å²) in [6.07, 6.45) is 5.62. The molecule has 2 aromatic rings. The number of hydrogen-bond acceptors (Lipinski definition) is 3. The number of benzene rings is 2. The van der Waals surface area contributed by atoms with Crippen molar-refractivity contribution in [3.05, 3.63) is 64.7 Å². The Kier molecular flexibility index (Phi) is 3.52. The molecule has 0 amide bonds. The number of hydrogen-bond donors (Lipinski definition) is 2. The minimum Gasteiger partial charge on any atom is -0.504 e. The lowest BCUT2D eigenvalue weighted by atomic mass is 9.75. The molecule has 4 rings (SSSR count). The number of phenolic OH excluding ortho intramolecular Hbond substituents is 1. The normalized spacial score (nSPS) is 24.2. The standard InChI is InChI=1S/C21H23NO2/c1-12-10-13(2)19-14-6-4-7-15(14)20(22-17(19)11-12)16-8-5-9-18(24-3)21(16)23/h4-6,8-11,14-15,20,22-23H,7H2,1-3H3. The van der Waals surface area contributed by atoms with Crippen molar-refractivity contribution in [3.63, 3.8) is 0 Å². The van der Waals surface area contributed by atoms with Crippen molar-refractivity contribution in [2.45, 2.75) is 32.2 Å². The molecule has 124 valence electrons. The summed E-state index contributed by atoms with van der Waals surface area (Å²) in [6.45, 7) is 4.32. The molecule has 0 spiro atoms. The van der Waals surface area contributed by atoms with Crippen LogP contribution < -0.4 is 10.1 Å². The zero-order valence-electron chi connectivity index (χ0n) is 14.3. The van der Waals surface area contributed by atoms with Crippen molar-refractivity contribution >= 4 is 5.69 Å². The van der Waals surface area contributed by atoms with Gasteiger partial charge in [0.05, 0.1) is 13.2 Å². The zero-order valence-corrected chi connectivity index (χ0v) is 14.3. The van der Waals surface area contributed by atoms with Gasteiger partial charge in [-0.2, -0.15) is 0 Å². The summed E-state index contributed by atoms with van der Waals surface area (Å²) in [5.41, 5.74) is 6.10. The molecule has 3 atom stereocenters. The van der Waals surface area contributed by atoms with Crippen molar-refractivity contribution in [1.82, 2.24) is 0 Å². The predicted molar refractivity (Wildman–Crippen MR) is 96.9 cm³/mol. The largest absolute Gasteiger partial charge is 0.504 e. The highest BCUT2D eigenvalue weighted by Crippen LogP contribution is 2.52. The van der Waals surface area contributed by atoms with E-state index < -0.39 is 0 Å². The number of allylic oxidation sites excluding steroid dienone is 2. The van der Waals surface area contributed by atoms with Crippen molar-refractivity contribution in [1.29, 1.82) is 0 Å². The number of rotatable bonds is 2. The molecular formula is C21H23NO2. The molecule has 3 unspecified atom stereocenters. The van der Waals surface area contributed by atoms with E-state index in [9.17, 15) is 5.11 Å². The number of fused-ring (bicyclic) bond motifs is 3. The van der Waals surface area contributed by atoms with Gasteiger partial charge in [0.2, 0.25) is 0 Å². The predicted octanol–water partition coefficient (Wildman–Crippen LogP) is 4.84. The Hall–Kier alpha value is -2.42. The van der Waals surface area contributed by atoms with Gasteiger partial charge >= 0.3 is 0 Å². The second kappa shape index (κ2) is 5.59. The Bertz CT molecular complexity index is 825. The molecule has 2 aliphatic rings. The molecule has 1 heterocycles. The van der Waals surface area contributed by atoms with Crippen LogP contribution in [-0.2, 0) is 0 Å². The fourth-order valence-corrected chi connectivity index (χ4v) is 4.40. The average molecular weight is 321 g/mol. The molecule has 0 saturated heterocycles. The summed E-state index contributed by atoms with van der Waals surface area (Å²) < 4.78 is 5.30. The molecule has 24 heavy (non-hydrogen) atoms. The van der Waals surface area contributed by atoms with Crippen LogP contribution >= 0.6 is 0 Å². The van der Waals surface area contributed by atoms with Crippen molar-refractivity contribution in [2.75, 3.05) is 12.4 Å². The van der Waals surface area contributed by atoms with E-state index in [0.717, 1.165) is 12.0 Å². The van der Waals surface area contributed by atoms with Crippen LogP contribution in [0.15, 0.2) is 42.5 Å². The van der Waals surface area contributed by atoms with E-state index in [1.54, 1.807) is 13.2 Å².